The number of halogens is 1. The number of nitrogens with two attached hydrogens (primary N) is 1. The van der Waals surface area contributed by atoms with Gasteiger partial charge in [-0.3, -0.25) is 4.68 Å². The molecule has 1 aromatic heterocycles. The van der Waals surface area contributed by atoms with Gasteiger partial charge in [-0.1, -0.05) is 33.3 Å². The van der Waals surface area contributed by atoms with E-state index in [0.717, 1.165) is 15.7 Å². The van der Waals surface area contributed by atoms with Crippen LogP contribution >= 0.6 is 15.9 Å². The normalized spacial score (nSPS) is 12.8. The van der Waals surface area contributed by atoms with Crippen molar-refractivity contribution in [2.75, 3.05) is 0 Å². The fraction of sp³-hybridized carbons (Fsp3) is 0.333. The van der Waals surface area contributed by atoms with Crippen LogP contribution in [0.3, 0.4) is 0 Å². The minimum absolute atomic E-state index is 0.194. The van der Waals surface area contributed by atoms with E-state index in [1.165, 1.54) is 11.1 Å². The van der Waals surface area contributed by atoms with E-state index in [2.05, 4.69) is 52.2 Å². The SMILES string of the molecule is Cc1cc(C(N)c2cnnn2C)cc(C)c1Br. The number of hydrogen-bond acceptors (Lipinski definition) is 3. The zero-order valence-electron chi connectivity index (χ0n) is 10.1. The van der Waals surface area contributed by atoms with Gasteiger partial charge in [0.05, 0.1) is 17.9 Å². The highest BCUT2D eigenvalue weighted by Crippen LogP contribution is 2.27. The van der Waals surface area contributed by atoms with Crippen molar-refractivity contribution in [3.63, 3.8) is 0 Å². The minimum Gasteiger partial charge on any atom is -0.319 e. The first-order valence-electron chi connectivity index (χ1n) is 5.37. The van der Waals surface area contributed by atoms with Crippen LogP contribution in [-0.2, 0) is 7.05 Å². The van der Waals surface area contributed by atoms with E-state index in [1.807, 2.05) is 7.05 Å². The third-order valence-electron chi connectivity index (χ3n) is 2.89. The summed E-state index contributed by atoms with van der Waals surface area (Å²) in [6.07, 6.45) is 1.71. The Bertz CT molecular complexity index is 524. The number of benzene rings is 1. The van der Waals surface area contributed by atoms with Crippen molar-refractivity contribution in [2.24, 2.45) is 12.8 Å². The van der Waals surface area contributed by atoms with Crippen LogP contribution in [0.2, 0.25) is 0 Å². The van der Waals surface area contributed by atoms with Gasteiger partial charge in [0.1, 0.15) is 0 Å². The largest absolute Gasteiger partial charge is 0.319 e. The van der Waals surface area contributed by atoms with Gasteiger partial charge in [-0.15, -0.1) is 5.10 Å². The number of aryl methyl sites for hydroxylation is 3. The van der Waals surface area contributed by atoms with Crippen LogP contribution in [0.5, 0.6) is 0 Å². The molecule has 0 aliphatic heterocycles. The van der Waals surface area contributed by atoms with E-state index in [0.29, 0.717) is 0 Å². The number of nitrogens with zero attached hydrogens (tertiary/aromatic N) is 3. The second kappa shape index (κ2) is 4.58. The summed E-state index contributed by atoms with van der Waals surface area (Å²) in [5.74, 6) is 0. The highest BCUT2D eigenvalue weighted by molar-refractivity contribution is 9.10. The molecule has 0 aliphatic rings. The maximum absolute atomic E-state index is 6.23. The maximum atomic E-state index is 6.23. The van der Waals surface area contributed by atoms with E-state index in [-0.39, 0.29) is 6.04 Å². The van der Waals surface area contributed by atoms with Crippen molar-refractivity contribution in [3.05, 3.63) is 45.2 Å². The molecule has 0 saturated carbocycles. The Hall–Kier alpha value is -1.20. The van der Waals surface area contributed by atoms with Gasteiger partial charge in [0, 0.05) is 11.5 Å². The van der Waals surface area contributed by atoms with Crippen LogP contribution in [0, 0.1) is 13.8 Å². The summed E-state index contributed by atoms with van der Waals surface area (Å²) in [5.41, 5.74) is 10.6. The molecule has 0 radical (unpaired) electrons. The summed E-state index contributed by atoms with van der Waals surface area (Å²) in [5, 5.41) is 7.76. The lowest BCUT2D eigenvalue weighted by atomic mass is 10.00. The second-order valence-corrected chi connectivity index (χ2v) is 5.02. The molecule has 2 N–H and O–H groups in total. The minimum atomic E-state index is -0.194. The zero-order valence-corrected chi connectivity index (χ0v) is 11.7. The molecule has 0 fully saturated rings. The molecule has 2 rings (SSSR count). The number of rotatable bonds is 2. The van der Waals surface area contributed by atoms with Crippen LogP contribution < -0.4 is 5.73 Å². The topological polar surface area (TPSA) is 56.7 Å². The Labute approximate surface area is 109 Å². The average Bonchev–Trinajstić information content (AvgIpc) is 2.70. The van der Waals surface area contributed by atoms with Crippen molar-refractivity contribution >= 4 is 15.9 Å². The van der Waals surface area contributed by atoms with Crippen LogP contribution in [0.15, 0.2) is 22.8 Å². The third kappa shape index (κ3) is 2.25. The molecular formula is C12H15BrN4. The van der Waals surface area contributed by atoms with Crippen LogP contribution in [0.25, 0.3) is 0 Å². The van der Waals surface area contributed by atoms with E-state index < -0.39 is 0 Å². The lowest BCUT2D eigenvalue weighted by molar-refractivity contribution is 0.650. The summed E-state index contributed by atoms with van der Waals surface area (Å²) in [6, 6.07) is 3.99. The van der Waals surface area contributed by atoms with Gasteiger partial charge in [0.15, 0.2) is 0 Å². The zero-order chi connectivity index (χ0) is 12.6. The van der Waals surface area contributed by atoms with Gasteiger partial charge in [0.25, 0.3) is 0 Å². The van der Waals surface area contributed by atoms with Crippen molar-refractivity contribution in [3.8, 4) is 0 Å². The molecule has 1 heterocycles. The Morgan fingerprint density at radius 3 is 2.35 bits per heavy atom. The van der Waals surface area contributed by atoms with E-state index in [4.69, 9.17) is 5.73 Å². The molecule has 0 spiro atoms. The molecule has 0 bridgehead atoms. The second-order valence-electron chi connectivity index (χ2n) is 4.23. The Kier molecular flexibility index (Phi) is 3.31. The monoisotopic (exact) mass is 294 g/mol. The third-order valence-corrected chi connectivity index (χ3v) is 4.14. The van der Waals surface area contributed by atoms with E-state index in [9.17, 15) is 0 Å². The lowest BCUT2D eigenvalue weighted by Crippen LogP contribution is -2.16. The lowest BCUT2D eigenvalue weighted by Gasteiger charge is -2.14. The molecule has 2 aromatic rings. The van der Waals surface area contributed by atoms with Gasteiger partial charge < -0.3 is 5.73 Å². The first-order valence-corrected chi connectivity index (χ1v) is 6.17. The average molecular weight is 295 g/mol. The Morgan fingerprint density at radius 2 is 1.88 bits per heavy atom. The molecule has 0 saturated heterocycles. The number of aromatic nitrogens is 3. The summed E-state index contributed by atoms with van der Waals surface area (Å²) in [4.78, 5) is 0. The highest BCUT2D eigenvalue weighted by atomic mass is 79.9. The standard InChI is InChI=1S/C12H15BrN4/c1-7-4-9(5-8(2)11(7)13)12(14)10-6-15-16-17(10)3/h4-6,12H,14H2,1-3H3. The molecule has 1 aromatic carbocycles. The Balaban J connectivity index is 2.45. The quantitative estimate of drug-likeness (QED) is 0.924. The van der Waals surface area contributed by atoms with E-state index in [1.54, 1.807) is 10.9 Å². The first-order chi connectivity index (χ1) is 8.00. The van der Waals surface area contributed by atoms with Crippen LogP contribution in [0.1, 0.15) is 28.4 Å². The molecule has 90 valence electrons. The first kappa shape index (κ1) is 12.3. The predicted octanol–water partition coefficient (Wildman–Crippen LogP) is 2.24. The van der Waals surface area contributed by atoms with Crippen molar-refractivity contribution in [1.29, 1.82) is 0 Å². The molecule has 1 atom stereocenters. The van der Waals surface area contributed by atoms with Gasteiger partial charge in [-0.25, -0.2) is 0 Å². The smallest absolute Gasteiger partial charge is 0.0796 e. The molecule has 1 unspecified atom stereocenters. The summed E-state index contributed by atoms with van der Waals surface area (Å²) >= 11 is 3.55. The highest BCUT2D eigenvalue weighted by Gasteiger charge is 2.15. The van der Waals surface area contributed by atoms with Gasteiger partial charge >= 0.3 is 0 Å². The van der Waals surface area contributed by atoms with Crippen LogP contribution in [-0.4, -0.2) is 15.0 Å². The van der Waals surface area contributed by atoms with Crippen molar-refractivity contribution < 1.29 is 0 Å². The van der Waals surface area contributed by atoms with Crippen molar-refractivity contribution in [2.45, 2.75) is 19.9 Å². The van der Waals surface area contributed by atoms with Crippen LogP contribution in [0.4, 0.5) is 0 Å². The molecule has 0 amide bonds. The summed E-state index contributed by atoms with van der Waals surface area (Å²) < 4.78 is 2.84. The maximum Gasteiger partial charge on any atom is 0.0796 e. The Morgan fingerprint density at radius 1 is 1.29 bits per heavy atom. The molecule has 5 heteroatoms. The summed E-state index contributed by atoms with van der Waals surface area (Å²) in [6.45, 7) is 4.13. The predicted molar refractivity (Wildman–Crippen MR) is 70.6 cm³/mol. The molecular weight excluding hydrogens is 280 g/mol. The van der Waals surface area contributed by atoms with E-state index >= 15 is 0 Å². The molecule has 0 aliphatic carbocycles. The van der Waals surface area contributed by atoms with Gasteiger partial charge in [-0.05, 0) is 30.5 Å². The fourth-order valence-electron chi connectivity index (χ4n) is 1.91. The number of hydrogen-bond donors (Lipinski definition) is 1. The molecule has 17 heavy (non-hydrogen) atoms. The van der Waals surface area contributed by atoms with Gasteiger partial charge in [-0.2, -0.15) is 0 Å². The van der Waals surface area contributed by atoms with Crippen molar-refractivity contribution in [1.82, 2.24) is 15.0 Å². The summed E-state index contributed by atoms with van der Waals surface area (Å²) in [7, 11) is 1.85. The fourth-order valence-corrected chi connectivity index (χ4v) is 2.14. The van der Waals surface area contributed by atoms with Gasteiger partial charge in [0.2, 0.25) is 0 Å². The molecule has 4 nitrogen and oxygen atoms in total.